The van der Waals surface area contributed by atoms with E-state index < -0.39 is 28.7 Å². The molecular weight excluding hydrogens is 870 g/mol. The number of piperazine rings is 2. The molecule has 2 aromatic carbocycles. The molecule has 3 aliphatic heterocycles. The zero-order chi connectivity index (χ0) is 43.6. The fourth-order valence-corrected chi connectivity index (χ4v) is 9.31. The summed E-state index contributed by atoms with van der Waals surface area (Å²) >= 11 is 0. The van der Waals surface area contributed by atoms with Crippen molar-refractivity contribution in [3.63, 3.8) is 0 Å². The first-order valence-corrected chi connectivity index (χ1v) is 25.5. The summed E-state index contributed by atoms with van der Waals surface area (Å²) in [5, 5.41) is 9.24. The molecule has 5 heterocycles. The van der Waals surface area contributed by atoms with Gasteiger partial charge in [-0.3, -0.25) is 9.44 Å². The third kappa shape index (κ3) is 14.6. The first kappa shape index (κ1) is 49.3. The van der Waals surface area contributed by atoms with Crippen molar-refractivity contribution in [2.75, 3.05) is 84.8 Å². The Morgan fingerprint density at radius 3 is 1.39 bits per heavy atom. The third-order valence-corrected chi connectivity index (χ3v) is 17.9. The lowest BCUT2D eigenvalue weighted by atomic mass is 10.2. The molecule has 0 atom stereocenters. The van der Waals surface area contributed by atoms with Crippen molar-refractivity contribution < 1.29 is 39.9 Å². The Hall–Kier alpha value is -4.31. The summed E-state index contributed by atoms with van der Waals surface area (Å²) < 4.78 is 95.2. The predicted molar refractivity (Wildman–Crippen MR) is 241 cm³/mol. The van der Waals surface area contributed by atoms with Gasteiger partial charge in [0.15, 0.2) is 0 Å². The van der Waals surface area contributed by atoms with E-state index in [4.69, 9.17) is 9.16 Å². The number of ether oxygens (including phenoxy) is 1. The first-order valence-electron chi connectivity index (χ1n) is 19.8. The number of pyridine rings is 2. The van der Waals surface area contributed by atoms with Crippen LogP contribution in [-0.2, 0) is 25.2 Å². The van der Waals surface area contributed by atoms with Crippen LogP contribution in [0.1, 0.15) is 33.6 Å². The fraction of sp³-hybridized carbons (Fsp3) is 0.450. The van der Waals surface area contributed by atoms with E-state index in [1.165, 1.54) is 64.0 Å². The average Bonchev–Trinajstić information content (AvgIpc) is 3.81. The lowest BCUT2D eigenvalue weighted by molar-refractivity contribution is 0.198. The number of aromatic nitrogens is 2. The molecule has 7 rings (SSSR count). The first-order chi connectivity index (χ1) is 28.3. The second-order valence-electron chi connectivity index (χ2n) is 15.9. The maximum Gasteiger partial charge on any atom is 0.302 e. The molecule has 336 valence electrons. The van der Waals surface area contributed by atoms with Crippen molar-refractivity contribution in [3.05, 3.63) is 96.8 Å². The van der Waals surface area contributed by atoms with Crippen LogP contribution in [0.4, 0.5) is 31.8 Å². The molecule has 0 unspecified atom stereocenters. The van der Waals surface area contributed by atoms with E-state index in [1.807, 2.05) is 9.80 Å². The smallest absolute Gasteiger partial charge is 0.302 e. The number of hydrogen-bond acceptors (Lipinski definition) is 11. The number of nitrogens with zero attached hydrogens (tertiary/aromatic N) is 6. The summed E-state index contributed by atoms with van der Waals surface area (Å²) in [5.41, 5.74) is 1.74. The predicted octanol–water partition coefficient (Wildman–Crippen LogP) is 6.71. The second-order valence-corrected chi connectivity index (χ2v) is 24.0. The number of hydrogen-bond donors (Lipinski definition) is 3. The van der Waals surface area contributed by atoms with Gasteiger partial charge in [-0.2, -0.15) is 25.4 Å². The molecule has 3 aliphatic rings. The molecule has 3 saturated heterocycles. The Balaban J connectivity index is 0.000000242. The summed E-state index contributed by atoms with van der Waals surface area (Å²) in [4.78, 5) is 12.1. The summed E-state index contributed by atoms with van der Waals surface area (Å²) in [7, 11) is -9.41. The fourth-order valence-electron chi connectivity index (χ4n) is 5.98. The van der Waals surface area contributed by atoms with Gasteiger partial charge in [0, 0.05) is 76.9 Å². The van der Waals surface area contributed by atoms with Gasteiger partial charge < -0.3 is 24.1 Å². The van der Waals surface area contributed by atoms with Crippen LogP contribution in [0.15, 0.2) is 85.2 Å². The Morgan fingerprint density at radius 1 is 0.656 bits per heavy atom. The second kappa shape index (κ2) is 21.7. The summed E-state index contributed by atoms with van der Waals surface area (Å²) in [5.74, 6) is 0.415. The van der Waals surface area contributed by atoms with Crippen molar-refractivity contribution in [1.82, 2.24) is 18.6 Å². The van der Waals surface area contributed by atoms with Gasteiger partial charge in [0.25, 0.3) is 8.32 Å². The van der Waals surface area contributed by atoms with Gasteiger partial charge in [0.05, 0.1) is 12.4 Å². The summed E-state index contributed by atoms with van der Waals surface area (Å²) in [6.07, 6.45) is 5.29. The van der Waals surface area contributed by atoms with Crippen LogP contribution in [0.5, 0.6) is 11.5 Å². The summed E-state index contributed by atoms with van der Waals surface area (Å²) in [6, 6.07) is 18.5. The maximum absolute atomic E-state index is 13.1. The standard InChI is InChI=1S/C21H31FN4O3SSi.C15H17FN4O3S.C4H8O.ClH/c1-21(2,3)31(4,5)29-19-10-11-20(23-16-19)24-30(27,28)26-14-12-25(13-15-26)18-8-6-17(22)7-9-18;16-12-1-3-13(4-2-12)19-7-9-20(10-8-19)24(22,23)18-15-6-5-14(21)11-17-15;1-2-4-5-3-1;/h6-11,16H,12-15H2,1-5H3,(H,23,24);1-6,11,21H,7-10H2,(H,17,18);1-4H2;1H. The van der Waals surface area contributed by atoms with Crippen LogP contribution in [-0.4, -0.2) is 114 Å². The van der Waals surface area contributed by atoms with Crippen LogP contribution in [0.3, 0.4) is 0 Å². The SMILES string of the molecule is C1CCOC1.CC(C)(C)[Si](C)(C)Oc1ccc(NS(=O)(=O)N2CCN(c3ccc(F)cc3)CC2)nc1.Cl.O=S(=O)(Nc1ccc(O)cn1)N1CCN(c2ccc(F)cc2)CC1. The van der Waals surface area contributed by atoms with E-state index in [1.54, 1.807) is 42.6 Å². The molecule has 21 heteroatoms. The molecule has 0 radical (unpaired) electrons. The van der Waals surface area contributed by atoms with Gasteiger partial charge >= 0.3 is 20.4 Å². The van der Waals surface area contributed by atoms with E-state index in [9.17, 15) is 30.7 Å². The Labute approximate surface area is 366 Å². The molecule has 0 aliphatic carbocycles. The maximum atomic E-state index is 13.1. The van der Waals surface area contributed by atoms with Gasteiger partial charge in [-0.25, -0.2) is 18.7 Å². The number of rotatable bonds is 10. The van der Waals surface area contributed by atoms with Gasteiger partial charge in [-0.05, 0) is 104 Å². The van der Waals surface area contributed by atoms with E-state index in [2.05, 4.69) is 53.3 Å². The molecule has 0 spiro atoms. The molecule has 4 aromatic rings. The zero-order valence-electron chi connectivity index (χ0n) is 35.1. The monoisotopic (exact) mass is 926 g/mol. The minimum atomic E-state index is -3.72. The molecule has 15 nitrogen and oxygen atoms in total. The lowest BCUT2D eigenvalue weighted by Gasteiger charge is -2.36. The molecule has 3 N–H and O–H groups in total. The van der Waals surface area contributed by atoms with E-state index >= 15 is 0 Å². The molecule has 0 bridgehead atoms. The van der Waals surface area contributed by atoms with Gasteiger partial charge in [-0.15, -0.1) is 12.4 Å². The number of halogens is 3. The van der Waals surface area contributed by atoms with Crippen molar-refractivity contribution in [1.29, 1.82) is 0 Å². The highest BCUT2D eigenvalue weighted by Crippen LogP contribution is 2.37. The highest BCUT2D eigenvalue weighted by molar-refractivity contribution is 7.90. The topological polar surface area (TPSA) is 170 Å². The Kier molecular flexibility index (Phi) is 17.5. The van der Waals surface area contributed by atoms with E-state index in [0.29, 0.717) is 58.1 Å². The number of aromatic hydroxyl groups is 1. The van der Waals surface area contributed by atoms with Crippen molar-refractivity contribution in [2.45, 2.75) is 51.7 Å². The molecule has 3 fully saturated rings. The normalized spacial score (nSPS) is 16.6. The van der Waals surface area contributed by atoms with Crippen LogP contribution in [0, 0.1) is 11.6 Å². The van der Waals surface area contributed by atoms with Crippen molar-refractivity contribution in [2.24, 2.45) is 0 Å². The van der Waals surface area contributed by atoms with Gasteiger partial charge in [0.1, 0.15) is 34.8 Å². The highest BCUT2D eigenvalue weighted by atomic mass is 35.5. The Morgan fingerprint density at radius 2 is 1.07 bits per heavy atom. The zero-order valence-corrected chi connectivity index (χ0v) is 38.6. The van der Waals surface area contributed by atoms with Crippen LogP contribution >= 0.6 is 12.4 Å². The van der Waals surface area contributed by atoms with E-state index in [0.717, 1.165) is 24.6 Å². The number of nitrogens with one attached hydrogen (secondary N) is 2. The third-order valence-electron chi connectivity index (χ3n) is 10.5. The van der Waals surface area contributed by atoms with Gasteiger partial charge in [0.2, 0.25) is 0 Å². The molecule has 0 amide bonds. The molecular formula is C40H57ClF2N8O7S2Si. The lowest BCUT2D eigenvalue weighted by Crippen LogP contribution is -2.50. The quantitative estimate of drug-likeness (QED) is 0.145. The average molecular weight is 928 g/mol. The number of anilines is 4. The van der Waals surface area contributed by atoms with Crippen molar-refractivity contribution in [3.8, 4) is 11.5 Å². The molecule has 61 heavy (non-hydrogen) atoms. The highest BCUT2D eigenvalue weighted by Gasteiger charge is 2.39. The van der Waals surface area contributed by atoms with Crippen molar-refractivity contribution >= 4 is 64.2 Å². The summed E-state index contributed by atoms with van der Waals surface area (Å²) in [6.45, 7) is 16.1. The molecule has 2 aromatic heterocycles. The van der Waals surface area contributed by atoms with Crippen LogP contribution in [0.2, 0.25) is 18.1 Å². The minimum absolute atomic E-state index is 0. The van der Waals surface area contributed by atoms with Gasteiger partial charge in [-0.1, -0.05) is 20.8 Å². The Bertz CT molecular complexity index is 2170. The van der Waals surface area contributed by atoms with Crippen LogP contribution in [0.25, 0.3) is 0 Å². The largest absolute Gasteiger partial charge is 0.542 e. The minimum Gasteiger partial charge on any atom is -0.542 e. The number of benzene rings is 2. The van der Waals surface area contributed by atoms with Crippen LogP contribution < -0.4 is 23.7 Å². The molecule has 0 saturated carbocycles. The van der Waals surface area contributed by atoms with E-state index in [-0.39, 0.29) is 46.5 Å².